The van der Waals surface area contributed by atoms with Gasteiger partial charge in [-0.05, 0) is 30.5 Å². The first-order valence-electron chi connectivity index (χ1n) is 5.24. The normalized spacial score (nSPS) is 11.6. The number of methoxy groups -OCH3 is 2. The monoisotopic (exact) mass is 237 g/mol. The van der Waals surface area contributed by atoms with Crippen molar-refractivity contribution in [2.45, 2.75) is 18.9 Å². The lowest BCUT2D eigenvalue weighted by molar-refractivity contribution is -0.142. The van der Waals surface area contributed by atoms with Crippen molar-refractivity contribution in [2.24, 2.45) is 5.18 Å². The quantitative estimate of drug-likeness (QED) is 0.560. The summed E-state index contributed by atoms with van der Waals surface area (Å²) in [4.78, 5) is 21.6. The number of ether oxygens (including phenoxy) is 2. The summed E-state index contributed by atoms with van der Waals surface area (Å²) in [5.41, 5.74) is 1.02. The van der Waals surface area contributed by atoms with Crippen molar-refractivity contribution < 1.29 is 14.3 Å². The Morgan fingerprint density at radius 1 is 1.29 bits per heavy atom. The van der Waals surface area contributed by atoms with E-state index in [-0.39, 0.29) is 0 Å². The van der Waals surface area contributed by atoms with E-state index in [2.05, 4.69) is 9.91 Å². The molecule has 0 bridgehead atoms. The average molecular weight is 237 g/mol. The molecule has 0 amide bonds. The van der Waals surface area contributed by atoms with Crippen LogP contribution in [0.3, 0.4) is 0 Å². The molecule has 17 heavy (non-hydrogen) atoms. The number of hydrogen-bond acceptors (Lipinski definition) is 5. The number of rotatable bonds is 6. The van der Waals surface area contributed by atoms with E-state index in [1.54, 1.807) is 7.11 Å². The fraction of sp³-hybridized carbons (Fsp3) is 0.417. The zero-order chi connectivity index (χ0) is 12.7. The smallest absolute Gasteiger partial charge is 0.334 e. The molecular weight excluding hydrogens is 222 g/mol. The SMILES string of the molecule is COC(=O)C(CCc1ccc(OC)cc1)N=O. The van der Waals surface area contributed by atoms with Crippen LogP contribution in [0.1, 0.15) is 12.0 Å². The predicted octanol–water partition coefficient (Wildman–Crippen LogP) is 1.94. The van der Waals surface area contributed by atoms with Gasteiger partial charge in [-0.2, -0.15) is 0 Å². The van der Waals surface area contributed by atoms with E-state index >= 15 is 0 Å². The van der Waals surface area contributed by atoms with Gasteiger partial charge in [-0.25, -0.2) is 4.79 Å². The van der Waals surface area contributed by atoms with Gasteiger partial charge < -0.3 is 9.47 Å². The second-order valence-corrected chi connectivity index (χ2v) is 3.53. The largest absolute Gasteiger partial charge is 0.497 e. The van der Waals surface area contributed by atoms with Gasteiger partial charge in [-0.3, -0.25) is 0 Å². The molecule has 0 fully saturated rings. The van der Waals surface area contributed by atoms with Crippen LogP contribution in [0.2, 0.25) is 0 Å². The molecule has 0 aromatic heterocycles. The van der Waals surface area contributed by atoms with Crippen LogP contribution in [0.5, 0.6) is 5.75 Å². The average Bonchev–Trinajstić information content (AvgIpc) is 2.39. The van der Waals surface area contributed by atoms with Crippen molar-refractivity contribution in [2.75, 3.05) is 14.2 Å². The van der Waals surface area contributed by atoms with Crippen LogP contribution in [0, 0.1) is 4.91 Å². The van der Waals surface area contributed by atoms with Gasteiger partial charge in [0.15, 0.2) is 6.04 Å². The molecule has 0 aliphatic rings. The number of carbonyl (C=O) groups is 1. The van der Waals surface area contributed by atoms with Gasteiger partial charge in [0.1, 0.15) is 5.75 Å². The highest BCUT2D eigenvalue weighted by Crippen LogP contribution is 2.14. The van der Waals surface area contributed by atoms with Gasteiger partial charge >= 0.3 is 5.97 Å². The fourth-order valence-corrected chi connectivity index (χ4v) is 1.45. The first kappa shape index (κ1) is 13.2. The summed E-state index contributed by atoms with van der Waals surface area (Å²) in [6.07, 6.45) is 0.942. The number of benzene rings is 1. The molecule has 0 spiro atoms. The molecule has 0 N–H and O–H groups in total. The van der Waals surface area contributed by atoms with E-state index in [0.29, 0.717) is 12.8 Å². The van der Waals surface area contributed by atoms with Crippen LogP contribution < -0.4 is 4.74 Å². The van der Waals surface area contributed by atoms with Gasteiger partial charge in [0.2, 0.25) is 0 Å². The second kappa shape index (κ2) is 6.62. The Hall–Kier alpha value is -1.91. The molecule has 1 atom stereocenters. The number of nitroso groups, excluding NO2 is 1. The van der Waals surface area contributed by atoms with Crippen molar-refractivity contribution in [3.63, 3.8) is 0 Å². The van der Waals surface area contributed by atoms with E-state index < -0.39 is 12.0 Å². The van der Waals surface area contributed by atoms with Gasteiger partial charge in [0.25, 0.3) is 0 Å². The van der Waals surface area contributed by atoms with E-state index in [0.717, 1.165) is 11.3 Å². The standard InChI is InChI=1S/C12H15NO4/c1-16-10-6-3-9(4-7-10)5-8-11(13-15)12(14)17-2/h3-4,6-7,11H,5,8H2,1-2H3. The minimum Gasteiger partial charge on any atom is -0.497 e. The molecule has 1 unspecified atom stereocenters. The zero-order valence-corrected chi connectivity index (χ0v) is 9.88. The first-order valence-corrected chi connectivity index (χ1v) is 5.24. The topological polar surface area (TPSA) is 65.0 Å². The molecule has 92 valence electrons. The Morgan fingerprint density at radius 2 is 1.94 bits per heavy atom. The third-order valence-corrected chi connectivity index (χ3v) is 2.47. The molecule has 1 rings (SSSR count). The molecule has 0 heterocycles. The van der Waals surface area contributed by atoms with Crippen molar-refractivity contribution in [3.8, 4) is 5.75 Å². The predicted molar refractivity (Wildman–Crippen MR) is 62.9 cm³/mol. The highest BCUT2D eigenvalue weighted by molar-refractivity contribution is 5.75. The van der Waals surface area contributed by atoms with E-state index in [4.69, 9.17) is 4.74 Å². The van der Waals surface area contributed by atoms with Gasteiger partial charge in [0.05, 0.1) is 14.2 Å². The summed E-state index contributed by atoms with van der Waals surface area (Å²) in [6.45, 7) is 0. The van der Waals surface area contributed by atoms with Crippen LogP contribution in [0.4, 0.5) is 0 Å². The Morgan fingerprint density at radius 3 is 2.41 bits per heavy atom. The third-order valence-electron chi connectivity index (χ3n) is 2.47. The van der Waals surface area contributed by atoms with Crippen molar-refractivity contribution in [1.82, 2.24) is 0 Å². The Labute approximate surface area is 99.7 Å². The fourth-order valence-electron chi connectivity index (χ4n) is 1.45. The zero-order valence-electron chi connectivity index (χ0n) is 9.88. The maximum absolute atomic E-state index is 11.1. The van der Waals surface area contributed by atoms with Crippen LogP contribution in [-0.4, -0.2) is 26.2 Å². The molecule has 0 saturated carbocycles. The number of carbonyl (C=O) groups excluding carboxylic acids is 1. The van der Waals surface area contributed by atoms with Crippen LogP contribution in [-0.2, 0) is 16.0 Å². The molecule has 0 aliphatic heterocycles. The first-order chi connectivity index (χ1) is 8.21. The minimum absolute atomic E-state index is 0.350. The van der Waals surface area contributed by atoms with Crippen molar-refractivity contribution in [1.29, 1.82) is 0 Å². The lowest BCUT2D eigenvalue weighted by atomic mass is 10.1. The number of hydrogen-bond donors (Lipinski definition) is 0. The molecular formula is C12H15NO4. The summed E-state index contributed by atoms with van der Waals surface area (Å²) in [6, 6.07) is 6.51. The number of nitrogens with zero attached hydrogens (tertiary/aromatic N) is 1. The summed E-state index contributed by atoms with van der Waals surface area (Å²) < 4.78 is 9.50. The van der Waals surface area contributed by atoms with Crippen LogP contribution >= 0.6 is 0 Å². The van der Waals surface area contributed by atoms with E-state index in [1.807, 2.05) is 24.3 Å². The maximum Gasteiger partial charge on any atom is 0.334 e. The third kappa shape index (κ3) is 3.86. The molecule has 0 radical (unpaired) electrons. The van der Waals surface area contributed by atoms with Gasteiger partial charge in [-0.1, -0.05) is 17.3 Å². The molecule has 5 heteroatoms. The Balaban J connectivity index is 2.53. The summed E-state index contributed by atoms with van der Waals surface area (Å²) >= 11 is 0. The lowest BCUT2D eigenvalue weighted by Crippen LogP contribution is -2.20. The van der Waals surface area contributed by atoms with Gasteiger partial charge in [-0.15, -0.1) is 4.91 Å². The van der Waals surface area contributed by atoms with Crippen LogP contribution in [0.15, 0.2) is 29.4 Å². The lowest BCUT2D eigenvalue weighted by Gasteiger charge is -2.07. The summed E-state index contributed by atoms with van der Waals surface area (Å²) in [5, 5.41) is 2.76. The summed E-state index contributed by atoms with van der Waals surface area (Å²) in [7, 11) is 2.84. The number of aryl methyl sites for hydroxylation is 1. The molecule has 5 nitrogen and oxygen atoms in total. The molecule has 0 aliphatic carbocycles. The number of esters is 1. The second-order valence-electron chi connectivity index (χ2n) is 3.53. The Bertz CT molecular complexity index is 375. The Kier molecular flexibility index (Phi) is 5.13. The van der Waals surface area contributed by atoms with E-state index in [9.17, 15) is 9.70 Å². The maximum atomic E-state index is 11.1. The van der Waals surface area contributed by atoms with Crippen LogP contribution in [0.25, 0.3) is 0 Å². The van der Waals surface area contributed by atoms with E-state index in [1.165, 1.54) is 7.11 Å². The molecule has 1 aromatic carbocycles. The van der Waals surface area contributed by atoms with Gasteiger partial charge in [0, 0.05) is 0 Å². The molecule has 1 aromatic rings. The van der Waals surface area contributed by atoms with Crippen molar-refractivity contribution in [3.05, 3.63) is 34.7 Å². The van der Waals surface area contributed by atoms with Crippen molar-refractivity contribution >= 4 is 5.97 Å². The summed E-state index contributed by atoms with van der Waals surface area (Å²) in [5.74, 6) is 0.181. The minimum atomic E-state index is -0.929. The highest BCUT2D eigenvalue weighted by atomic mass is 16.5. The highest BCUT2D eigenvalue weighted by Gasteiger charge is 2.19. The molecule has 0 saturated heterocycles.